The van der Waals surface area contributed by atoms with Gasteiger partial charge in [-0.15, -0.1) is 0 Å². The molecule has 0 aliphatic heterocycles. The van der Waals surface area contributed by atoms with E-state index in [9.17, 15) is 4.39 Å². The van der Waals surface area contributed by atoms with E-state index in [1.54, 1.807) is 6.08 Å². The van der Waals surface area contributed by atoms with Gasteiger partial charge in [-0.25, -0.2) is 4.39 Å². The summed E-state index contributed by atoms with van der Waals surface area (Å²) in [6, 6.07) is 0. The highest BCUT2D eigenvalue weighted by atomic mass is 19.1. The predicted molar refractivity (Wildman–Crippen MR) is 28.6 cm³/mol. The van der Waals surface area contributed by atoms with Gasteiger partial charge in [0.1, 0.15) is 6.67 Å². The molecule has 1 radical (unpaired) electrons. The molecule has 0 unspecified atom stereocenters. The molecule has 0 aliphatic carbocycles. The zero-order chi connectivity index (χ0) is 5.54. The second-order valence-electron chi connectivity index (χ2n) is 1.10. The molecule has 0 saturated heterocycles. The molecule has 0 spiro atoms. The molecule has 0 nitrogen and oxygen atoms in total. The van der Waals surface area contributed by atoms with Crippen LogP contribution in [0.5, 0.6) is 0 Å². The van der Waals surface area contributed by atoms with Gasteiger partial charge in [0.2, 0.25) is 0 Å². The first-order valence-corrected chi connectivity index (χ1v) is 2.16. The quantitative estimate of drug-likeness (QED) is 0.474. The third kappa shape index (κ3) is 5.41. The topological polar surface area (TPSA) is 0 Å². The van der Waals surface area contributed by atoms with Gasteiger partial charge in [-0.05, 0) is 6.42 Å². The summed E-state index contributed by atoms with van der Waals surface area (Å²) >= 11 is 0. The van der Waals surface area contributed by atoms with E-state index in [0.29, 0.717) is 6.42 Å². The monoisotopic (exact) mass is 99.1 g/mol. The van der Waals surface area contributed by atoms with Crippen LogP contribution in [-0.2, 0) is 0 Å². The van der Waals surface area contributed by atoms with Gasteiger partial charge in [-0.1, -0.05) is 24.8 Å². The van der Waals surface area contributed by atoms with Crippen molar-refractivity contribution in [3.63, 3.8) is 0 Å². The fourth-order valence-corrected chi connectivity index (χ4v) is 0.238. The molecule has 0 fully saturated rings. The number of hydrogen-bond donors (Lipinski definition) is 0. The lowest BCUT2D eigenvalue weighted by Crippen LogP contribution is -1.59. The summed E-state index contributed by atoms with van der Waals surface area (Å²) in [7, 11) is 0. The second kappa shape index (κ2) is 5.41. The van der Waals surface area contributed by atoms with Crippen LogP contribution in [0.1, 0.15) is 6.42 Å². The van der Waals surface area contributed by atoms with E-state index in [1.165, 1.54) is 12.2 Å². The zero-order valence-corrected chi connectivity index (χ0v) is 4.10. The number of alkyl halides is 1. The fraction of sp³-hybridized carbons (Fsp3) is 0.333. The van der Waals surface area contributed by atoms with E-state index < -0.39 is 6.67 Å². The van der Waals surface area contributed by atoms with Gasteiger partial charge in [0, 0.05) is 0 Å². The number of halogens is 1. The molecule has 0 aromatic heterocycles. The van der Waals surface area contributed by atoms with Gasteiger partial charge < -0.3 is 0 Å². The normalized spacial score (nSPS) is 9.86. The maximum absolute atomic E-state index is 11.2. The van der Waals surface area contributed by atoms with Crippen molar-refractivity contribution in [3.8, 4) is 0 Å². The van der Waals surface area contributed by atoms with Gasteiger partial charge in [-0.3, -0.25) is 0 Å². The summed E-state index contributed by atoms with van der Waals surface area (Å²) in [6.07, 6.45) is 5.25. The molecule has 0 heterocycles. The highest BCUT2D eigenvalue weighted by Gasteiger charge is 1.65. The van der Waals surface area contributed by atoms with Crippen LogP contribution in [0.4, 0.5) is 4.39 Å². The summed E-state index contributed by atoms with van der Waals surface area (Å²) in [6.45, 7) is 4.58. The zero-order valence-electron chi connectivity index (χ0n) is 4.10. The van der Waals surface area contributed by atoms with Crippen LogP contribution >= 0.6 is 0 Å². The predicted octanol–water partition coefficient (Wildman–Crippen LogP) is 1.89. The van der Waals surface area contributed by atoms with E-state index >= 15 is 0 Å². The van der Waals surface area contributed by atoms with E-state index in [-0.39, 0.29) is 0 Å². The third-order valence-electron chi connectivity index (χ3n) is 0.528. The van der Waals surface area contributed by atoms with Crippen molar-refractivity contribution in [1.29, 1.82) is 0 Å². The lowest BCUT2D eigenvalue weighted by molar-refractivity contribution is 0.561. The maximum Gasteiger partial charge on any atom is 0.108 e. The molecule has 0 atom stereocenters. The molecule has 0 bridgehead atoms. The lowest BCUT2D eigenvalue weighted by atomic mass is 10.4. The Kier molecular flexibility index (Phi) is 4.95. The van der Waals surface area contributed by atoms with Gasteiger partial charge in [0.05, 0.1) is 0 Å². The first-order valence-electron chi connectivity index (χ1n) is 2.16. The van der Waals surface area contributed by atoms with Crippen molar-refractivity contribution >= 4 is 0 Å². The molecule has 0 rings (SSSR count). The van der Waals surface area contributed by atoms with Crippen LogP contribution in [0.2, 0.25) is 0 Å². The Morgan fingerprint density at radius 1 is 1.43 bits per heavy atom. The van der Waals surface area contributed by atoms with Crippen molar-refractivity contribution in [1.82, 2.24) is 0 Å². The number of allylic oxidation sites excluding steroid dienone is 3. The van der Waals surface area contributed by atoms with Crippen LogP contribution in [0.25, 0.3) is 0 Å². The Balaban J connectivity index is 2.92. The summed E-state index contributed by atoms with van der Waals surface area (Å²) in [5, 5.41) is 0. The molecule has 0 aromatic rings. The summed E-state index contributed by atoms with van der Waals surface area (Å²) in [5.41, 5.74) is 0. The molecule has 1 heteroatoms. The highest BCUT2D eigenvalue weighted by Crippen LogP contribution is 1.81. The van der Waals surface area contributed by atoms with Crippen molar-refractivity contribution in [2.75, 3.05) is 6.67 Å². The SMILES string of the molecule is [CH]=CC/C=C/CF. The third-order valence-corrected chi connectivity index (χ3v) is 0.528. The van der Waals surface area contributed by atoms with Crippen LogP contribution in [0.15, 0.2) is 18.2 Å². The average Bonchev–Trinajstić information content (AvgIpc) is 1.69. The minimum atomic E-state index is -0.395. The molecule has 0 aliphatic rings. The first-order chi connectivity index (χ1) is 3.41. The van der Waals surface area contributed by atoms with E-state index in [2.05, 4.69) is 0 Å². The Morgan fingerprint density at radius 2 is 2.14 bits per heavy atom. The second-order valence-corrected chi connectivity index (χ2v) is 1.10. The van der Waals surface area contributed by atoms with Gasteiger partial charge in [0.25, 0.3) is 0 Å². The Bertz CT molecular complexity index is 64.6. The molecule has 0 amide bonds. The van der Waals surface area contributed by atoms with E-state index in [4.69, 9.17) is 6.58 Å². The first kappa shape index (κ1) is 6.41. The van der Waals surface area contributed by atoms with E-state index in [1.807, 2.05) is 0 Å². The van der Waals surface area contributed by atoms with Crippen LogP contribution < -0.4 is 0 Å². The number of hydrogen-bond acceptors (Lipinski definition) is 0. The van der Waals surface area contributed by atoms with Crippen LogP contribution in [-0.4, -0.2) is 6.67 Å². The van der Waals surface area contributed by atoms with Crippen LogP contribution in [0.3, 0.4) is 0 Å². The van der Waals surface area contributed by atoms with Crippen molar-refractivity contribution < 1.29 is 4.39 Å². The molecule has 39 valence electrons. The smallest absolute Gasteiger partial charge is 0.108 e. The Hall–Kier alpha value is -0.590. The van der Waals surface area contributed by atoms with Gasteiger partial charge in [0.15, 0.2) is 0 Å². The Labute approximate surface area is 43.4 Å². The van der Waals surface area contributed by atoms with Gasteiger partial charge >= 0.3 is 0 Å². The average molecular weight is 99.1 g/mol. The largest absolute Gasteiger partial charge is 0.247 e. The summed E-state index contributed by atoms with van der Waals surface area (Å²) in [4.78, 5) is 0. The standard InChI is InChI=1S/C6H8F/c1-2-3-4-5-6-7/h1-2,4-5H,3,6H2/b2-1?,5-4+. The molecule has 0 N–H and O–H groups in total. The van der Waals surface area contributed by atoms with Crippen LogP contribution in [0, 0.1) is 6.58 Å². The molecular formula is C6H8F. The molecule has 7 heavy (non-hydrogen) atoms. The summed E-state index contributed by atoms with van der Waals surface area (Å²) in [5.74, 6) is 0. The van der Waals surface area contributed by atoms with Crippen molar-refractivity contribution in [3.05, 3.63) is 24.8 Å². The highest BCUT2D eigenvalue weighted by molar-refractivity contribution is 4.86. The lowest BCUT2D eigenvalue weighted by Gasteiger charge is -1.73. The van der Waals surface area contributed by atoms with E-state index in [0.717, 1.165) is 0 Å². The number of rotatable bonds is 3. The Morgan fingerprint density at radius 3 is 2.57 bits per heavy atom. The minimum absolute atomic E-state index is 0.395. The minimum Gasteiger partial charge on any atom is -0.247 e. The van der Waals surface area contributed by atoms with Crippen molar-refractivity contribution in [2.24, 2.45) is 0 Å². The molecule has 0 aromatic carbocycles. The van der Waals surface area contributed by atoms with Gasteiger partial charge in [-0.2, -0.15) is 0 Å². The molecule has 0 saturated carbocycles. The fourth-order valence-electron chi connectivity index (χ4n) is 0.238. The summed E-state index contributed by atoms with van der Waals surface area (Å²) < 4.78 is 11.2. The maximum atomic E-state index is 11.2. The molecular weight excluding hydrogens is 91.1 g/mol. The van der Waals surface area contributed by atoms with Crippen molar-refractivity contribution in [2.45, 2.75) is 6.42 Å².